The van der Waals surface area contributed by atoms with E-state index >= 15 is 0 Å². The van der Waals surface area contributed by atoms with E-state index in [1.165, 1.54) is 23.9 Å². The maximum atomic E-state index is 12.5. The summed E-state index contributed by atoms with van der Waals surface area (Å²) in [6, 6.07) is 5.99. The number of hydrogen-bond donors (Lipinski definition) is 1. The van der Waals surface area contributed by atoms with E-state index in [0.717, 1.165) is 5.69 Å². The van der Waals surface area contributed by atoms with Crippen molar-refractivity contribution in [1.82, 2.24) is 9.97 Å². The Hall–Kier alpha value is -1.69. The van der Waals surface area contributed by atoms with Gasteiger partial charge in [0.15, 0.2) is 5.16 Å². The average molecular weight is 267 g/mol. The Morgan fingerprint density at radius 1 is 1.28 bits per heavy atom. The molecule has 0 atom stereocenters. The molecule has 0 aliphatic carbocycles. The van der Waals surface area contributed by atoms with Crippen LogP contribution >= 0.6 is 11.8 Å². The molecule has 1 heterocycles. The third-order valence-electron chi connectivity index (χ3n) is 2.26. The second-order valence-corrected chi connectivity index (χ2v) is 4.69. The van der Waals surface area contributed by atoms with Gasteiger partial charge in [0, 0.05) is 28.0 Å². The molecule has 3 nitrogen and oxygen atoms in total. The predicted octanol–water partition coefficient (Wildman–Crippen LogP) is 3.46. The summed E-state index contributed by atoms with van der Waals surface area (Å²) in [5, 5.41) is 0.548. The number of hydrogen-bond acceptors (Lipinski definition) is 4. The van der Waals surface area contributed by atoms with Crippen LogP contribution in [0.15, 0.2) is 40.5 Å². The first kappa shape index (κ1) is 12.8. The largest absolute Gasteiger partial charge is 0.398 e. The van der Waals surface area contributed by atoms with Crippen molar-refractivity contribution in [2.45, 2.75) is 23.4 Å². The Kier molecular flexibility index (Phi) is 3.76. The Bertz CT molecular complexity index is 561. The fourth-order valence-corrected chi connectivity index (χ4v) is 2.18. The lowest BCUT2D eigenvalue weighted by Gasteiger charge is -2.07. The van der Waals surface area contributed by atoms with Crippen LogP contribution in [0.2, 0.25) is 0 Å². The third kappa shape index (κ3) is 2.95. The number of benzene rings is 1. The van der Waals surface area contributed by atoms with Gasteiger partial charge < -0.3 is 5.73 Å². The van der Waals surface area contributed by atoms with Gasteiger partial charge in [0.25, 0.3) is 6.43 Å². The van der Waals surface area contributed by atoms with Crippen LogP contribution in [0.3, 0.4) is 0 Å². The number of aryl methyl sites for hydroxylation is 1. The zero-order valence-corrected chi connectivity index (χ0v) is 10.4. The van der Waals surface area contributed by atoms with Gasteiger partial charge in [-0.15, -0.1) is 0 Å². The van der Waals surface area contributed by atoms with E-state index in [1.807, 2.05) is 6.92 Å². The molecule has 2 N–H and O–H groups in total. The van der Waals surface area contributed by atoms with E-state index in [9.17, 15) is 8.78 Å². The van der Waals surface area contributed by atoms with Crippen molar-refractivity contribution >= 4 is 17.4 Å². The molecule has 0 aliphatic rings. The second-order valence-electron chi connectivity index (χ2n) is 3.68. The Morgan fingerprint density at radius 3 is 2.67 bits per heavy atom. The van der Waals surface area contributed by atoms with Gasteiger partial charge in [0.2, 0.25) is 0 Å². The molecule has 0 saturated carbocycles. The highest BCUT2D eigenvalue weighted by Gasteiger charge is 2.10. The van der Waals surface area contributed by atoms with Crippen LogP contribution in [0.4, 0.5) is 14.5 Å². The van der Waals surface area contributed by atoms with Crippen molar-refractivity contribution in [3.05, 3.63) is 41.7 Å². The lowest BCUT2D eigenvalue weighted by atomic mass is 10.2. The van der Waals surface area contributed by atoms with E-state index in [0.29, 0.717) is 15.7 Å². The number of nitrogen functional groups attached to an aromatic ring is 1. The number of alkyl halides is 2. The monoisotopic (exact) mass is 267 g/mol. The molecule has 0 saturated heterocycles. The van der Waals surface area contributed by atoms with Gasteiger partial charge >= 0.3 is 0 Å². The number of anilines is 1. The molecule has 0 unspecified atom stereocenters. The normalized spacial score (nSPS) is 10.9. The molecule has 1 aromatic heterocycles. The Labute approximate surface area is 107 Å². The molecule has 0 amide bonds. The minimum atomic E-state index is -2.51. The van der Waals surface area contributed by atoms with Crippen LogP contribution in [0.25, 0.3) is 0 Å². The zero-order chi connectivity index (χ0) is 13.1. The van der Waals surface area contributed by atoms with E-state index in [1.54, 1.807) is 18.3 Å². The van der Waals surface area contributed by atoms with Crippen molar-refractivity contribution in [1.29, 1.82) is 0 Å². The molecular weight excluding hydrogens is 256 g/mol. The Morgan fingerprint density at radius 2 is 2.06 bits per heavy atom. The topological polar surface area (TPSA) is 51.8 Å². The fraction of sp³-hybridized carbons (Fsp3) is 0.167. The summed E-state index contributed by atoms with van der Waals surface area (Å²) in [5.41, 5.74) is 6.80. The molecule has 0 radical (unpaired) electrons. The van der Waals surface area contributed by atoms with Crippen molar-refractivity contribution in [2.24, 2.45) is 0 Å². The van der Waals surface area contributed by atoms with E-state index in [2.05, 4.69) is 9.97 Å². The van der Waals surface area contributed by atoms with Gasteiger partial charge in [-0.05, 0) is 36.9 Å². The number of aromatic nitrogens is 2. The molecule has 94 valence electrons. The van der Waals surface area contributed by atoms with Crippen LogP contribution < -0.4 is 5.73 Å². The summed E-state index contributed by atoms with van der Waals surface area (Å²) in [6.45, 7) is 1.86. The van der Waals surface area contributed by atoms with Gasteiger partial charge in [-0.25, -0.2) is 18.7 Å². The molecule has 1 aromatic carbocycles. The number of halogens is 2. The highest BCUT2D eigenvalue weighted by Crippen LogP contribution is 2.32. The fourth-order valence-electron chi connectivity index (χ4n) is 1.37. The van der Waals surface area contributed by atoms with E-state index < -0.39 is 6.43 Å². The second kappa shape index (κ2) is 5.30. The predicted molar refractivity (Wildman–Crippen MR) is 66.7 cm³/mol. The summed E-state index contributed by atoms with van der Waals surface area (Å²) < 4.78 is 24.9. The highest BCUT2D eigenvalue weighted by atomic mass is 32.2. The number of nitrogens with two attached hydrogens (primary N) is 1. The summed E-state index contributed by atoms with van der Waals surface area (Å²) in [5.74, 6) is 0. The van der Waals surface area contributed by atoms with Crippen LogP contribution in [0.5, 0.6) is 0 Å². The van der Waals surface area contributed by atoms with Crippen molar-refractivity contribution < 1.29 is 8.78 Å². The van der Waals surface area contributed by atoms with E-state index in [-0.39, 0.29) is 5.56 Å². The van der Waals surface area contributed by atoms with Crippen molar-refractivity contribution in [3.8, 4) is 0 Å². The number of rotatable bonds is 3. The molecule has 0 aliphatic heterocycles. The quantitative estimate of drug-likeness (QED) is 0.683. The maximum Gasteiger partial charge on any atom is 0.263 e. The lowest BCUT2D eigenvalue weighted by molar-refractivity contribution is 0.151. The van der Waals surface area contributed by atoms with Crippen LogP contribution in [0, 0.1) is 6.92 Å². The molecule has 2 rings (SSSR count). The minimum absolute atomic E-state index is 0.0815. The van der Waals surface area contributed by atoms with Gasteiger partial charge in [-0.2, -0.15) is 0 Å². The average Bonchev–Trinajstić information content (AvgIpc) is 2.31. The van der Waals surface area contributed by atoms with E-state index in [4.69, 9.17) is 5.73 Å². The van der Waals surface area contributed by atoms with Crippen molar-refractivity contribution in [2.75, 3.05) is 5.73 Å². The first-order chi connectivity index (χ1) is 8.56. The first-order valence-corrected chi connectivity index (χ1v) is 6.03. The molecule has 2 aromatic rings. The van der Waals surface area contributed by atoms with Gasteiger partial charge in [-0.1, -0.05) is 6.07 Å². The van der Waals surface area contributed by atoms with Crippen LogP contribution in [-0.4, -0.2) is 9.97 Å². The molecular formula is C12H11F2N3S. The Balaban J connectivity index is 2.24. The molecule has 0 spiro atoms. The molecule has 0 bridgehead atoms. The summed E-state index contributed by atoms with van der Waals surface area (Å²) in [4.78, 5) is 8.97. The van der Waals surface area contributed by atoms with Crippen LogP contribution in [0.1, 0.15) is 17.7 Å². The van der Waals surface area contributed by atoms with Gasteiger partial charge in [0.05, 0.1) is 0 Å². The lowest BCUT2D eigenvalue weighted by Crippen LogP contribution is -1.94. The summed E-state index contributed by atoms with van der Waals surface area (Å²) >= 11 is 1.26. The molecule has 6 heteroatoms. The highest BCUT2D eigenvalue weighted by molar-refractivity contribution is 7.99. The number of nitrogens with zero attached hydrogens (tertiary/aromatic N) is 2. The van der Waals surface area contributed by atoms with Crippen LogP contribution in [-0.2, 0) is 0 Å². The van der Waals surface area contributed by atoms with Gasteiger partial charge in [0.1, 0.15) is 0 Å². The summed E-state index contributed by atoms with van der Waals surface area (Å²) in [6.07, 6.45) is -0.865. The summed E-state index contributed by atoms with van der Waals surface area (Å²) in [7, 11) is 0. The SMILES string of the molecule is Cc1ccnc(Sc2ccc(C(F)F)cc2N)n1. The zero-order valence-electron chi connectivity index (χ0n) is 9.60. The first-order valence-electron chi connectivity index (χ1n) is 5.21. The third-order valence-corrected chi connectivity index (χ3v) is 3.23. The van der Waals surface area contributed by atoms with Crippen molar-refractivity contribution in [3.63, 3.8) is 0 Å². The minimum Gasteiger partial charge on any atom is -0.398 e. The molecule has 18 heavy (non-hydrogen) atoms. The maximum absolute atomic E-state index is 12.5. The molecule has 0 fully saturated rings. The van der Waals surface area contributed by atoms with Gasteiger partial charge in [-0.3, -0.25) is 0 Å². The standard InChI is InChI=1S/C12H11F2N3S/c1-7-4-5-16-12(17-7)18-10-3-2-8(11(13)14)6-9(10)15/h2-6,11H,15H2,1H3. The smallest absolute Gasteiger partial charge is 0.263 e.